The molecule has 30 heavy (non-hydrogen) atoms. The van der Waals surface area contributed by atoms with E-state index in [1.807, 2.05) is 0 Å². The molecule has 0 spiro atoms. The van der Waals surface area contributed by atoms with Gasteiger partial charge in [0.05, 0.1) is 0 Å². The van der Waals surface area contributed by atoms with Crippen molar-refractivity contribution in [3.05, 3.63) is 0 Å². The standard InChI is InChI=1S/C30H54/c1-21(2)11-9-12-22(3)23-16-18-30(8)26-15-14-24-25(13-10-17-27(24,4)5)28(26,6)19-20-29(23,30)7/h21-26H,9-20H2,1-8H3/t22-,23-,24+,25-,26-,28+,29-,30+/m1/s1. The highest BCUT2D eigenvalue weighted by Crippen LogP contribution is 2.75. The molecule has 174 valence electrons. The van der Waals surface area contributed by atoms with Crippen molar-refractivity contribution in [2.45, 2.75) is 132 Å². The van der Waals surface area contributed by atoms with Crippen LogP contribution in [0, 0.1) is 57.2 Å². The van der Waals surface area contributed by atoms with Crippen LogP contribution in [0.4, 0.5) is 0 Å². The highest BCUT2D eigenvalue weighted by atomic mass is 14.7. The lowest BCUT2D eigenvalue weighted by Crippen LogP contribution is -2.60. The van der Waals surface area contributed by atoms with E-state index in [1.54, 1.807) is 0 Å². The van der Waals surface area contributed by atoms with Gasteiger partial charge in [-0.15, -0.1) is 0 Å². The van der Waals surface area contributed by atoms with Gasteiger partial charge in [-0.25, -0.2) is 0 Å². The topological polar surface area (TPSA) is 0 Å². The molecule has 0 heterocycles. The average molecular weight is 415 g/mol. The minimum atomic E-state index is 0.585. The number of hydrogen-bond acceptors (Lipinski definition) is 0. The van der Waals surface area contributed by atoms with Crippen LogP contribution >= 0.6 is 0 Å². The zero-order chi connectivity index (χ0) is 21.9. The van der Waals surface area contributed by atoms with E-state index in [2.05, 4.69) is 55.4 Å². The summed E-state index contributed by atoms with van der Waals surface area (Å²) >= 11 is 0. The van der Waals surface area contributed by atoms with Gasteiger partial charge in [0.1, 0.15) is 0 Å². The van der Waals surface area contributed by atoms with Gasteiger partial charge < -0.3 is 0 Å². The Labute approximate surface area is 189 Å². The molecule has 0 aliphatic heterocycles. The average Bonchev–Trinajstić information content (AvgIpc) is 2.93. The van der Waals surface area contributed by atoms with E-state index in [0.717, 1.165) is 35.5 Å². The van der Waals surface area contributed by atoms with Gasteiger partial charge in [0.2, 0.25) is 0 Å². The van der Waals surface area contributed by atoms with E-state index >= 15 is 0 Å². The largest absolute Gasteiger partial charge is 0.0628 e. The van der Waals surface area contributed by atoms with Crippen LogP contribution in [0.25, 0.3) is 0 Å². The Kier molecular flexibility index (Phi) is 6.02. The maximum atomic E-state index is 2.78. The van der Waals surface area contributed by atoms with Gasteiger partial charge in [0.15, 0.2) is 0 Å². The lowest BCUT2D eigenvalue weighted by atomic mass is 9.37. The van der Waals surface area contributed by atoms with E-state index in [-0.39, 0.29) is 0 Å². The Bertz CT molecular complexity index is 616. The predicted molar refractivity (Wildman–Crippen MR) is 131 cm³/mol. The Morgan fingerprint density at radius 1 is 0.700 bits per heavy atom. The summed E-state index contributed by atoms with van der Waals surface area (Å²) in [5, 5.41) is 0. The predicted octanol–water partition coefficient (Wildman–Crippen LogP) is 9.52. The molecule has 0 heteroatoms. The minimum absolute atomic E-state index is 0.585. The van der Waals surface area contributed by atoms with Crippen molar-refractivity contribution in [3.8, 4) is 0 Å². The van der Waals surface area contributed by atoms with E-state index in [9.17, 15) is 0 Å². The fourth-order valence-corrected chi connectivity index (χ4v) is 10.4. The maximum absolute atomic E-state index is 2.78. The fourth-order valence-electron chi connectivity index (χ4n) is 10.4. The number of rotatable bonds is 5. The molecule has 0 aromatic carbocycles. The molecule has 0 aromatic rings. The lowest BCUT2D eigenvalue weighted by Gasteiger charge is -2.67. The second-order valence-electron chi connectivity index (χ2n) is 14.5. The summed E-state index contributed by atoms with van der Waals surface area (Å²) in [5.41, 5.74) is 2.38. The van der Waals surface area contributed by atoms with Gasteiger partial charge in [-0.3, -0.25) is 0 Å². The quantitative estimate of drug-likeness (QED) is 0.420. The highest BCUT2D eigenvalue weighted by Gasteiger charge is 2.67. The summed E-state index contributed by atoms with van der Waals surface area (Å²) in [4.78, 5) is 0. The van der Waals surface area contributed by atoms with Crippen LogP contribution in [0.3, 0.4) is 0 Å². The lowest BCUT2D eigenvalue weighted by molar-refractivity contribution is -0.188. The normalized spacial score (nSPS) is 48.7. The first-order valence-electron chi connectivity index (χ1n) is 14.0. The molecule has 0 aromatic heterocycles. The summed E-state index contributed by atoms with van der Waals surface area (Å²) in [6.07, 6.45) is 18.0. The van der Waals surface area contributed by atoms with Crippen LogP contribution in [0.5, 0.6) is 0 Å². The van der Waals surface area contributed by atoms with Crippen molar-refractivity contribution < 1.29 is 0 Å². The molecule has 4 saturated carbocycles. The van der Waals surface area contributed by atoms with E-state index in [0.29, 0.717) is 21.7 Å². The third kappa shape index (κ3) is 3.36. The van der Waals surface area contributed by atoms with Crippen molar-refractivity contribution in [2.75, 3.05) is 0 Å². The fraction of sp³-hybridized carbons (Fsp3) is 1.00. The number of hydrogen-bond donors (Lipinski definition) is 0. The van der Waals surface area contributed by atoms with Crippen LogP contribution in [-0.2, 0) is 0 Å². The molecule has 8 atom stereocenters. The second-order valence-corrected chi connectivity index (χ2v) is 14.5. The van der Waals surface area contributed by atoms with Crippen LogP contribution in [0.1, 0.15) is 132 Å². The zero-order valence-electron chi connectivity index (χ0n) is 21.9. The molecule has 0 radical (unpaired) electrons. The Balaban J connectivity index is 1.56. The molecule has 4 fully saturated rings. The van der Waals surface area contributed by atoms with Gasteiger partial charge in [-0.05, 0) is 109 Å². The van der Waals surface area contributed by atoms with Gasteiger partial charge in [-0.1, -0.05) is 81.1 Å². The summed E-state index contributed by atoms with van der Waals surface area (Å²) < 4.78 is 0. The Morgan fingerprint density at radius 2 is 1.43 bits per heavy atom. The van der Waals surface area contributed by atoms with Crippen LogP contribution in [0.15, 0.2) is 0 Å². The zero-order valence-corrected chi connectivity index (χ0v) is 21.9. The number of fused-ring (bicyclic) bond motifs is 5. The first-order chi connectivity index (χ1) is 14.0. The monoisotopic (exact) mass is 414 g/mol. The molecule has 4 aliphatic rings. The molecule has 4 aliphatic carbocycles. The highest BCUT2D eigenvalue weighted by molar-refractivity contribution is 5.16. The van der Waals surface area contributed by atoms with Gasteiger partial charge in [0.25, 0.3) is 0 Å². The third-order valence-corrected chi connectivity index (χ3v) is 12.4. The van der Waals surface area contributed by atoms with Gasteiger partial charge >= 0.3 is 0 Å². The first kappa shape index (κ1) is 23.2. The van der Waals surface area contributed by atoms with Crippen molar-refractivity contribution in [3.63, 3.8) is 0 Å². The molecular formula is C30H54. The van der Waals surface area contributed by atoms with E-state index < -0.39 is 0 Å². The SMILES string of the molecule is CC(C)CCC[C@@H](C)[C@H]1CC[C@@]2(C)[C@@H]3CC[C@H]4[C@@H](CCCC4(C)C)[C@]3(C)CC[C@]12C. The molecule has 0 unspecified atom stereocenters. The molecule has 0 saturated heterocycles. The smallest absolute Gasteiger partial charge is 0.0235 e. The Morgan fingerprint density at radius 3 is 2.13 bits per heavy atom. The van der Waals surface area contributed by atoms with Crippen LogP contribution in [-0.4, -0.2) is 0 Å². The second kappa shape index (κ2) is 7.80. The summed E-state index contributed by atoms with van der Waals surface area (Å²) in [7, 11) is 0. The molecule has 0 nitrogen and oxygen atoms in total. The molecular weight excluding hydrogens is 360 g/mol. The molecule has 0 amide bonds. The summed E-state index contributed by atoms with van der Waals surface area (Å²) in [6, 6.07) is 0. The van der Waals surface area contributed by atoms with E-state index in [4.69, 9.17) is 0 Å². The van der Waals surface area contributed by atoms with Gasteiger partial charge in [-0.2, -0.15) is 0 Å². The summed E-state index contributed by atoms with van der Waals surface area (Å²) in [5.74, 6) is 5.74. The molecule has 4 rings (SSSR count). The molecule has 0 bridgehead atoms. The first-order valence-corrected chi connectivity index (χ1v) is 14.0. The van der Waals surface area contributed by atoms with Crippen molar-refractivity contribution in [1.29, 1.82) is 0 Å². The summed E-state index contributed by atoms with van der Waals surface area (Å²) in [6.45, 7) is 20.9. The minimum Gasteiger partial charge on any atom is -0.0628 e. The maximum Gasteiger partial charge on any atom is -0.0235 e. The Hall–Kier alpha value is 0. The van der Waals surface area contributed by atoms with Crippen molar-refractivity contribution in [2.24, 2.45) is 57.2 Å². The van der Waals surface area contributed by atoms with Crippen LogP contribution in [0.2, 0.25) is 0 Å². The third-order valence-electron chi connectivity index (χ3n) is 12.4. The molecule has 0 N–H and O–H groups in total. The van der Waals surface area contributed by atoms with Gasteiger partial charge in [0, 0.05) is 0 Å². The van der Waals surface area contributed by atoms with Crippen LogP contribution < -0.4 is 0 Å². The van der Waals surface area contributed by atoms with Crippen molar-refractivity contribution >= 4 is 0 Å². The van der Waals surface area contributed by atoms with Crippen molar-refractivity contribution in [1.82, 2.24) is 0 Å². The van der Waals surface area contributed by atoms with E-state index in [1.165, 1.54) is 77.0 Å².